The molecule has 0 spiro atoms. The Bertz CT molecular complexity index is 458. The van der Waals surface area contributed by atoms with E-state index in [1.165, 1.54) is 0 Å². The first-order chi connectivity index (χ1) is 7.99. The smallest absolute Gasteiger partial charge is 0.255 e. The summed E-state index contributed by atoms with van der Waals surface area (Å²) in [5, 5.41) is 8.76. The molecule has 3 heteroatoms. The first-order valence-corrected chi connectivity index (χ1v) is 5.73. The number of carbonyl (C=O) groups excluding carboxylic acids is 1. The largest absolute Gasteiger partial charge is 0.323 e. The number of nitrogens with zero attached hydrogens (tertiary/aromatic N) is 2. The lowest BCUT2D eigenvalue weighted by atomic mass is 10.0. The molecule has 0 bridgehead atoms. The summed E-state index contributed by atoms with van der Waals surface area (Å²) >= 11 is 0. The van der Waals surface area contributed by atoms with Crippen molar-refractivity contribution >= 4 is 5.91 Å². The summed E-state index contributed by atoms with van der Waals surface area (Å²) in [6, 6.07) is 7.74. The Hall–Kier alpha value is -1.82. The first-order valence-electron chi connectivity index (χ1n) is 5.73. The van der Waals surface area contributed by atoms with Crippen LogP contribution >= 0.6 is 0 Å². The van der Waals surface area contributed by atoms with Gasteiger partial charge in [0.05, 0.1) is 6.07 Å². The average molecular weight is 230 g/mol. The van der Waals surface area contributed by atoms with Crippen molar-refractivity contribution in [3.05, 3.63) is 34.9 Å². The van der Waals surface area contributed by atoms with Gasteiger partial charge >= 0.3 is 0 Å². The lowest BCUT2D eigenvalue weighted by molar-refractivity contribution is 0.0730. The van der Waals surface area contributed by atoms with Crippen LogP contribution in [0.1, 0.15) is 35.3 Å². The highest BCUT2D eigenvalue weighted by Crippen LogP contribution is 2.16. The molecule has 1 aromatic rings. The molecule has 0 aliphatic rings. The SMILES string of the molecule is Cc1cccc(C(=O)N(CC#N)C(C)C)c1C. The minimum atomic E-state index is -0.0669. The van der Waals surface area contributed by atoms with Crippen LogP contribution in [0.25, 0.3) is 0 Å². The van der Waals surface area contributed by atoms with Crippen LogP contribution in [0.4, 0.5) is 0 Å². The van der Waals surface area contributed by atoms with Crippen molar-refractivity contribution in [3.8, 4) is 6.07 Å². The fraction of sp³-hybridized carbons (Fsp3) is 0.429. The maximum Gasteiger partial charge on any atom is 0.255 e. The highest BCUT2D eigenvalue weighted by atomic mass is 16.2. The molecule has 0 aliphatic carbocycles. The zero-order valence-electron chi connectivity index (χ0n) is 10.8. The van der Waals surface area contributed by atoms with Gasteiger partial charge in [-0.2, -0.15) is 5.26 Å². The molecular formula is C14H18N2O. The van der Waals surface area contributed by atoms with E-state index >= 15 is 0 Å². The van der Waals surface area contributed by atoms with Crippen LogP contribution < -0.4 is 0 Å². The maximum atomic E-state index is 12.3. The van der Waals surface area contributed by atoms with Crippen LogP contribution in [-0.2, 0) is 0 Å². The van der Waals surface area contributed by atoms with Crippen molar-refractivity contribution in [3.63, 3.8) is 0 Å². The van der Waals surface area contributed by atoms with Crippen LogP contribution in [0.5, 0.6) is 0 Å². The number of amides is 1. The Morgan fingerprint density at radius 2 is 2.06 bits per heavy atom. The highest BCUT2D eigenvalue weighted by Gasteiger charge is 2.20. The van der Waals surface area contributed by atoms with Gasteiger partial charge in [-0.1, -0.05) is 12.1 Å². The summed E-state index contributed by atoms with van der Waals surface area (Å²) in [4.78, 5) is 13.9. The van der Waals surface area contributed by atoms with E-state index in [2.05, 4.69) is 0 Å². The predicted octanol–water partition coefficient (Wildman–Crippen LogP) is 2.68. The van der Waals surface area contributed by atoms with Gasteiger partial charge in [-0.05, 0) is 44.9 Å². The van der Waals surface area contributed by atoms with Crippen molar-refractivity contribution in [2.24, 2.45) is 0 Å². The fourth-order valence-corrected chi connectivity index (χ4v) is 1.70. The van der Waals surface area contributed by atoms with E-state index in [1.54, 1.807) is 4.90 Å². The van der Waals surface area contributed by atoms with E-state index in [0.717, 1.165) is 11.1 Å². The van der Waals surface area contributed by atoms with Gasteiger partial charge in [0, 0.05) is 11.6 Å². The van der Waals surface area contributed by atoms with Crippen molar-refractivity contribution in [1.82, 2.24) is 4.90 Å². The van der Waals surface area contributed by atoms with Crippen molar-refractivity contribution < 1.29 is 4.79 Å². The standard InChI is InChI=1S/C14H18N2O/c1-10(2)16(9-8-15)14(17)13-7-5-6-11(3)12(13)4/h5-7,10H,9H2,1-4H3. The molecular weight excluding hydrogens is 212 g/mol. The Balaban J connectivity index is 3.11. The topological polar surface area (TPSA) is 44.1 Å². The summed E-state index contributed by atoms with van der Waals surface area (Å²) < 4.78 is 0. The van der Waals surface area contributed by atoms with E-state index < -0.39 is 0 Å². The fourth-order valence-electron chi connectivity index (χ4n) is 1.70. The molecule has 0 saturated carbocycles. The number of rotatable bonds is 3. The molecule has 0 atom stereocenters. The van der Waals surface area contributed by atoms with Gasteiger partial charge in [-0.15, -0.1) is 0 Å². The molecule has 1 rings (SSSR count). The summed E-state index contributed by atoms with van der Waals surface area (Å²) in [6.07, 6.45) is 0. The molecule has 0 N–H and O–H groups in total. The minimum absolute atomic E-state index is 0.0297. The van der Waals surface area contributed by atoms with E-state index in [-0.39, 0.29) is 18.5 Å². The summed E-state index contributed by atoms with van der Waals surface area (Å²) in [5.41, 5.74) is 2.77. The Morgan fingerprint density at radius 1 is 1.41 bits per heavy atom. The summed E-state index contributed by atoms with van der Waals surface area (Å²) in [6.45, 7) is 7.88. The van der Waals surface area contributed by atoms with Gasteiger partial charge in [0.25, 0.3) is 5.91 Å². The van der Waals surface area contributed by atoms with Gasteiger partial charge in [-0.3, -0.25) is 4.79 Å². The van der Waals surface area contributed by atoms with Crippen LogP contribution in [0, 0.1) is 25.2 Å². The van der Waals surface area contributed by atoms with E-state index in [9.17, 15) is 4.79 Å². The summed E-state index contributed by atoms with van der Waals surface area (Å²) in [5.74, 6) is -0.0669. The molecule has 1 aromatic carbocycles. The second-order valence-electron chi connectivity index (χ2n) is 4.43. The number of hydrogen-bond acceptors (Lipinski definition) is 2. The molecule has 0 aliphatic heterocycles. The van der Waals surface area contributed by atoms with Crippen molar-refractivity contribution in [2.75, 3.05) is 6.54 Å². The lowest BCUT2D eigenvalue weighted by Gasteiger charge is -2.24. The number of aryl methyl sites for hydroxylation is 1. The maximum absolute atomic E-state index is 12.3. The molecule has 90 valence electrons. The lowest BCUT2D eigenvalue weighted by Crippen LogP contribution is -2.37. The number of carbonyl (C=O) groups is 1. The minimum Gasteiger partial charge on any atom is -0.323 e. The monoisotopic (exact) mass is 230 g/mol. The van der Waals surface area contributed by atoms with Crippen molar-refractivity contribution in [1.29, 1.82) is 5.26 Å². The third-order valence-electron chi connectivity index (χ3n) is 2.96. The van der Waals surface area contributed by atoms with Gasteiger partial charge in [-0.25, -0.2) is 0 Å². The summed E-state index contributed by atoms with van der Waals surface area (Å²) in [7, 11) is 0. The second-order valence-corrected chi connectivity index (χ2v) is 4.43. The zero-order valence-corrected chi connectivity index (χ0v) is 10.8. The third-order valence-corrected chi connectivity index (χ3v) is 2.96. The third kappa shape index (κ3) is 2.85. The van der Waals surface area contributed by atoms with Crippen LogP contribution in [0.15, 0.2) is 18.2 Å². The molecule has 1 amide bonds. The molecule has 0 aromatic heterocycles. The van der Waals surface area contributed by atoms with Gasteiger partial charge < -0.3 is 4.90 Å². The normalized spacial score (nSPS) is 10.1. The molecule has 0 unspecified atom stereocenters. The second kappa shape index (κ2) is 5.49. The van der Waals surface area contributed by atoms with Crippen LogP contribution in [-0.4, -0.2) is 23.4 Å². The highest BCUT2D eigenvalue weighted by molar-refractivity contribution is 5.96. The molecule has 3 nitrogen and oxygen atoms in total. The van der Waals surface area contributed by atoms with Gasteiger partial charge in [0.2, 0.25) is 0 Å². The van der Waals surface area contributed by atoms with E-state index in [4.69, 9.17) is 5.26 Å². The number of nitriles is 1. The van der Waals surface area contributed by atoms with Crippen molar-refractivity contribution in [2.45, 2.75) is 33.7 Å². The van der Waals surface area contributed by atoms with Gasteiger partial charge in [0.15, 0.2) is 0 Å². The van der Waals surface area contributed by atoms with Crippen LogP contribution in [0.3, 0.4) is 0 Å². The van der Waals surface area contributed by atoms with E-state index in [0.29, 0.717) is 5.56 Å². The molecule has 0 fully saturated rings. The molecule has 0 saturated heterocycles. The molecule has 0 heterocycles. The quantitative estimate of drug-likeness (QED) is 0.749. The first kappa shape index (κ1) is 13.2. The number of benzene rings is 1. The molecule has 0 radical (unpaired) electrons. The number of hydrogen-bond donors (Lipinski definition) is 0. The zero-order chi connectivity index (χ0) is 13.0. The van der Waals surface area contributed by atoms with Gasteiger partial charge in [0.1, 0.15) is 6.54 Å². The van der Waals surface area contributed by atoms with Crippen LogP contribution in [0.2, 0.25) is 0 Å². The Morgan fingerprint density at radius 3 is 2.59 bits per heavy atom. The average Bonchev–Trinajstić information content (AvgIpc) is 2.28. The van der Waals surface area contributed by atoms with E-state index in [1.807, 2.05) is 52.0 Å². The Labute approximate surface area is 103 Å². The Kier molecular flexibility index (Phi) is 4.28. The predicted molar refractivity (Wildman–Crippen MR) is 67.7 cm³/mol. The molecule has 17 heavy (non-hydrogen) atoms.